The van der Waals surface area contributed by atoms with E-state index in [9.17, 15) is 4.79 Å². The van der Waals surface area contributed by atoms with Crippen molar-refractivity contribution < 1.29 is 9.21 Å². The molecule has 0 saturated heterocycles. The molecule has 5 heteroatoms. The molecule has 0 aliphatic rings. The molecule has 0 atom stereocenters. The van der Waals surface area contributed by atoms with Crippen LogP contribution in [0.5, 0.6) is 0 Å². The Balaban J connectivity index is 1.82. The number of para-hydroxylation sites is 1. The van der Waals surface area contributed by atoms with Gasteiger partial charge in [-0.25, -0.2) is 4.98 Å². The van der Waals surface area contributed by atoms with Crippen molar-refractivity contribution in [2.75, 3.05) is 5.32 Å². The minimum atomic E-state index is -0.265. The molecule has 0 saturated carbocycles. The molecule has 19 heavy (non-hydrogen) atoms. The van der Waals surface area contributed by atoms with E-state index in [1.54, 1.807) is 6.07 Å². The first-order valence-electron chi connectivity index (χ1n) is 6.02. The molecule has 0 unspecified atom stereocenters. The number of benzene rings is 1. The number of nitrogens with zero attached hydrogens (tertiary/aromatic N) is 1. The molecule has 3 aromatic rings. The summed E-state index contributed by atoms with van der Waals surface area (Å²) in [5.74, 6) is 0.851. The third-order valence-electron chi connectivity index (χ3n) is 2.75. The van der Waals surface area contributed by atoms with Gasteiger partial charge in [-0.2, -0.15) is 0 Å². The molecule has 0 aliphatic carbocycles. The highest BCUT2D eigenvalue weighted by atomic mass is 32.1. The van der Waals surface area contributed by atoms with Crippen LogP contribution in [0.1, 0.15) is 23.2 Å². The normalized spacial score (nSPS) is 10.8. The quantitative estimate of drug-likeness (QED) is 0.790. The minimum absolute atomic E-state index is 0.265. The molecule has 0 fully saturated rings. The lowest BCUT2D eigenvalue weighted by molar-refractivity contribution is 0.0995. The highest BCUT2D eigenvalue weighted by Crippen LogP contribution is 2.25. The fourth-order valence-corrected chi connectivity index (χ4v) is 2.64. The van der Waals surface area contributed by atoms with E-state index in [1.807, 2.05) is 37.3 Å². The van der Waals surface area contributed by atoms with Crippen molar-refractivity contribution in [3.8, 4) is 0 Å². The number of aromatic nitrogens is 1. The number of carbonyl (C=O) groups excluding carboxylic acids is 1. The Labute approximate surface area is 114 Å². The molecule has 0 aliphatic heterocycles. The number of aryl methyl sites for hydroxylation is 1. The van der Waals surface area contributed by atoms with Gasteiger partial charge in [-0.15, -0.1) is 0 Å². The maximum atomic E-state index is 12.0. The lowest BCUT2D eigenvalue weighted by Gasteiger charge is -1.97. The fraction of sp³-hybridized carbons (Fsp3) is 0.143. The van der Waals surface area contributed by atoms with E-state index in [0.29, 0.717) is 10.9 Å². The summed E-state index contributed by atoms with van der Waals surface area (Å²) in [7, 11) is 0. The second-order valence-corrected chi connectivity index (χ2v) is 5.09. The standard InChI is InChI=1S/C14H12N2O2S/c1-2-9-7-8-11(18-9)13(17)16-14-15-10-5-3-4-6-12(10)19-14/h3-8H,2H2,1H3,(H,15,16,17). The number of hydrogen-bond donors (Lipinski definition) is 1. The van der Waals surface area contributed by atoms with Crippen molar-refractivity contribution in [1.29, 1.82) is 0 Å². The monoisotopic (exact) mass is 272 g/mol. The Morgan fingerprint density at radius 3 is 2.89 bits per heavy atom. The largest absolute Gasteiger partial charge is 0.456 e. The van der Waals surface area contributed by atoms with Crippen molar-refractivity contribution in [2.24, 2.45) is 0 Å². The van der Waals surface area contributed by atoms with Gasteiger partial charge in [-0.1, -0.05) is 30.4 Å². The molecule has 1 N–H and O–H groups in total. The highest BCUT2D eigenvalue weighted by molar-refractivity contribution is 7.22. The van der Waals surface area contributed by atoms with E-state index >= 15 is 0 Å². The van der Waals surface area contributed by atoms with E-state index in [0.717, 1.165) is 22.4 Å². The molecule has 2 aromatic heterocycles. The van der Waals surface area contributed by atoms with Gasteiger partial charge in [0.05, 0.1) is 10.2 Å². The average Bonchev–Trinajstić information content (AvgIpc) is 3.04. The Kier molecular flexibility index (Phi) is 3.05. The van der Waals surface area contributed by atoms with Gasteiger partial charge in [-0.05, 0) is 24.3 Å². The van der Waals surface area contributed by atoms with Crippen LogP contribution in [0.2, 0.25) is 0 Å². The molecule has 0 bridgehead atoms. The van der Waals surface area contributed by atoms with Gasteiger partial charge in [-0.3, -0.25) is 10.1 Å². The van der Waals surface area contributed by atoms with Gasteiger partial charge in [0.25, 0.3) is 5.91 Å². The third kappa shape index (κ3) is 2.37. The summed E-state index contributed by atoms with van der Waals surface area (Å²) in [4.78, 5) is 16.3. The highest BCUT2D eigenvalue weighted by Gasteiger charge is 2.13. The van der Waals surface area contributed by atoms with Crippen LogP contribution in [0.15, 0.2) is 40.8 Å². The van der Waals surface area contributed by atoms with Crippen LogP contribution >= 0.6 is 11.3 Å². The second kappa shape index (κ2) is 4.85. The molecule has 0 radical (unpaired) electrons. The summed E-state index contributed by atoms with van der Waals surface area (Å²) in [5.41, 5.74) is 0.886. The molecule has 1 aromatic carbocycles. The van der Waals surface area contributed by atoms with E-state index in [4.69, 9.17) is 4.42 Å². The van der Waals surface area contributed by atoms with Gasteiger partial charge >= 0.3 is 0 Å². The summed E-state index contributed by atoms with van der Waals surface area (Å²) in [6.45, 7) is 1.98. The number of furan rings is 1. The van der Waals surface area contributed by atoms with Crippen molar-refractivity contribution >= 4 is 32.6 Å². The van der Waals surface area contributed by atoms with E-state index in [1.165, 1.54) is 11.3 Å². The lowest BCUT2D eigenvalue weighted by atomic mass is 10.3. The molecular weight excluding hydrogens is 260 g/mol. The fourth-order valence-electron chi connectivity index (χ4n) is 1.77. The summed E-state index contributed by atoms with van der Waals surface area (Å²) >= 11 is 1.45. The van der Waals surface area contributed by atoms with E-state index in [-0.39, 0.29) is 5.91 Å². The smallest absolute Gasteiger partial charge is 0.293 e. The number of anilines is 1. The van der Waals surface area contributed by atoms with Gasteiger partial charge in [0.15, 0.2) is 10.9 Å². The maximum absolute atomic E-state index is 12.0. The second-order valence-electron chi connectivity index (χ2n) is 4.06. The molecule has 1 amide bonds. The summed E-state index contributed by atoms with van der Waals surface area (Å²) in [6.07, 6.45) is 0.772. The maximum Gasteiger partial charge on any atom is 0.293 e. The molecular formula is C14H12N2O2S. The van der Waals surface area contributed by atoms with Crippen molar-refractivity contribution in [1.82, 2.24) is 4.98 Å². The zero-order valence-electron chi connectivity index (χ0n) is 10.3. The zero-order chi connectivity index (χ0) is 13.2. The van der Waals surface area contributed by atoms with Crippen molar-refractivity contribution in [3.63, 3.8) is 0 Å². The Morgan fingerprint density at radius 1 is 1.32 bits per heavy atom. The van der Waals surface area contributed by atoms with Crippen molar-refractivity contribution in [2.45, 2.75) is 13.3 Å². The summed E-state index contributed by atoms with van der Waals surface area (Å²) in [5, 5.41) is 3.34. The van der Waals surface area contributed by atoms with Crippen LogP contribution < -0.4 is 5.32 Å². The topological polar surface area (TPSA) is 55.1 Å². The number of rotatable bonds is 3. The number of carbonyl (C=O) groups is 1. The Bertz CT molecular complexity index is 697. The van der Waals surface area contributed by atoms with Gasteiger partial charge < -0.3 is 4.42 Å². The SMILES string of the molecule is CCc1ccc(C(=O)Nc2nc3ccccc3s2)o1. The number of thiazole rings is 1. The molecule has 3 rings (SSSR count). The van der Waals surface area contributed by atoms with Crippen LogP contribution in [0.4, 0.5) is 5.13 Å². The van der Waals surface area contributed by atoms with Crippen LogP contribution in [-0.2, 0) is 6.42 Å². The Hall–Kier alpha value is -2.14. The zero-order valence-corrected chi connectivity index (χ0v) is 11.2. The molecule has 2 heterocycles. The summed E-state index contributed by atoms with van der Waals surface area (Å²) in [6, 6.07) is 11.3. The van der Waals surface area contributed by atoms with Crippen LogP contribution in [-0.4, -0.2) is 10.9 Å². The van der Waals surface area contributed by atoms with Crippen LogP contribution in [0.3, 0.4) is 0 Å². The first kappa shape index (κ1) is 11.9. The minimum Gasteiger partial charge on any atom is -0.456 e. The number of nitrogens with one attached hydrogen (secondary N) is 1. The van der Waals surface area contributed by atoms with Crippen LogP contribution in [0, 0.1) is 0 Å². The first-order chi connectivity index (χ1) is 9.26. The predicted octanol–water partition coefficient (Wildman–Crippen LogP) is 3.70. The molecule has 0 spiro atoms. The van der Waals surface area contributed by atoms with Crippen LogP contribution in [0.25, 0.3) is 10.2 Å². The first-order valence-corrected chi connectivity index (χ1v) is 6.83. The van der Waals surface area contributed by atoms with E-state index in [2.05, 4.69) is 10.3 Å². The number of amides is 1. The number of fused-ring (bicyclic) bond motifs is 1. The predicted molar refractivity (Wildman–Crippen MR) is 75.7 cm³/mol. The third-order valence-corrected chi connectivity index (χ3v) is 3.70. The van der Waals surface area contributed by atoms with Gasteiger partial charge in [0.1, 0.15) is 5.76 Å². The Morgan fingerprint density at radius 2 is 2.16 bits per heavy atom. The van der Waals surface area contributed by atoms with Gasteiger partial charge in [0.2, 0.25) is 0 Å². The van der Waals surface area contributed by atoms with Crippen molar-refractivity contribution in [3.05, 3.63) is 47.9 Å². The number of hydrogen-bond acceptors (Lipinski definition) is 4. The van der Waals surface area contributed by atoms with E-state index < -0.39 is 0 Å². The average molecular weight is 272 g/mol. The summed E-state index contributed by atoms with van der Waals surface area (Å²) < 4.78 is 6.45. The lowest BCUT2D eigenvalue weighted by Crippen LogP contribution is -2.10. The molecule has 4 nitrogen and oxygen atoms in total. The van der Waals surface area contributed by atoms with Gasteiger partial charge in [0, 0.05) is 6.42 Å². The molecule has 96 valence electrons.